The number of thiazole rings is 1. The van der Waals surface area contributed by atoms with Gasteiger partial charge in [0.1, 0.15) is 11.3 Å². The Labute approximate surface area is 157 Å². The van der Waals surface area contributed by atoms with E-state index in [0.29, 0.717) is 16.8 Å². The molecule has 0 aliphatic carbocycles. The molecule has 0 bridgehead atoms. The minimum atomic E-state index is -4.79. The van der Waals surface area contributed by atoms with E-state index in [2.05, 4.69) is 25.7 Å². The van der Waals surface area contributed by atoms with Gasteiger partial charge in [-0.2, -0.15) is 0 Å². The topological polar surface area (TPSA) is 92.4 Å². The van der Waals surface area contributed by atoms with E-state index in [1.54, 1.807) is 0 Å². The molecule has 27 heavy (non-hydrogen) atoms. The summed E-state index contributed by atoms with van der Waals surface area (Å²) in [6.45, 7) is 5.62. The first kappa shape index (κ1) is 20.9. The lowest BCUT2D eigenvalue weighted by molar-refractivity contribution is -0.274. The number of rotatable bonds is 7. The van der Waals surface area contributed by atoms with Crippen LogP contribution in [0.4, 0.5) is 18.3 Å². The molecule has 0 spiro atoms. The number of likely N-dealkylation sites (N-methyl/N-ethyl adjacent to an activating group) is 1. The maximum atomic E-state index is 12.4. The summed E-state index contributed by atoms with van der Waals surface area (Å²) >= 11 is 0.999. The molecule has 148 valence electrons. The SMILES string of the molecule is CCNCC(=O)NC(C)(C)C(=O)Nc1nc2ccc(OC(F)(F)F)cc2s1. The number of alkyl halides is 3. The molecule has 0 unspecified atom stereocenters. The lowest BCUT2D eigenvalue weighted by Gasteiger charge is -2.24. The van der Waals surface area contributed by atoms with Gasteiger partial charge in [0, 0.05) is 6.07 Å². The van der Waals surface area contributed by atoms with Crippen LogP contribution in [0, 0.1) is 0 Å². The highest BCUT2D eigenvalue weighted by Crippen LogP contribution is 2.31. The van der Waals surface area contributed by atoms with Gasteiger partial charge in [-0.05, 0) is 32.5 Å². The van der Waals surface area contributed by atoms with Crippen molar-refractivity contribution in [2.24, 2.45) is 0 Å². The first-order valence-corrected chi connectivity index (χ1v) is 8.81. The third kappa shape index (κ3) is 6.07. The molecule has 0 radical (unpaired) electrons. The normalized spacial score (nSPS) is 12.1. The number of benzene rings is 1. The van der Waals surface area contributed by atoms with E-state index < -0.39 is 17.8 Å². The number of carbonyl (C=O) groups excluding carboxylic acids is 2. The molecule has 1 aromatic heterocycles. The van der Waals surface area contributed by atoms with E-state index in [4.69, 9.17) is 0 Å². The molecule has 0 fully saturated rings. The van der Waals surface area contributed by atoms with Crippen molar-refractivity contribution in [1.29, 1.82) is 0 Å². The Balaban J connectivity index is 2.08. The third-order valence-electron chi connectivity index (χ3n) is 3.37. The second kappa shape index (κ2) is 8.09. The first-order chi connectivity index (χ1) is 12.5. The molecule has 1 heterocycles. The Hall–Kier alpha value is -2.40. The van der Waals surface area contributed by atoms with Crippen LogP contribution >= 0.6 is 11.3 Å². The summed E-state index contributed by atoms with van der Waals surface area (Å²) in [4.78, 5) is 28.4. The summed E-state index contributed by atoms with van der Waals surface area (Å²) < 4.78 is 41.2. The van der Waals surface area contributed by atoms with E-state index in [9.17, 15) is 22.8 Å². The zero-order chi connectivity index (χ0) is 20.2. The molecule has 2 aromatic rings. The Bertz CT molecular complexity index is 836. The number of hydrogen-bond donors (Lipinski definition) is 3. The Kier molecular flexibility index (Phi) is 6.26. The number of amides is 2. The van der Waals surface area contributed by atoms with Crippen LogP contribution in [-0.2, 0) is 9.59 Å². The largest absolute Gasteiger partial charge is 0.573 e. The van der Waals surface area contributed by atoms with E-state index >= 15 is 0 Å². The quantitative estimate of drug-likeness (QED) is 0.660. The molecule has 0 aliphatic heterocycles. The Morgan fingerprint density at radius 2 is 1.96 bits per heavy atom. The zero-order valence-electron chi connectivity index (χ0n) is 14.9. The van der Waals surface area contributed by atoms with Crippen molar-refractivity contribution in [2.45, 2.75) is 32.7 Å². The van der Waals surface area contributed by atoms with Crippen LogP contribution in [0.15, 0.2) is 18.2 Å². The molecule has 0 aliphatic rings. The molecule has 3 N–H and O–H groups in total. The minimum Gasteiger partial charge on any atom is -0.406 e. The average Bonchev–Trinajstić information content (AvgIpc) is 2.92. The van der Waals surface area contributed by atoms with Gasteiger partial charge in [0.15, 0.2) is 5.13 Å². The van der Waals surface area contributed by atoms with Crippen molar-refractivity contribution in [3.63, 3.8) is 0 Å². The highest BCUT2D eigenvalue weighted by Gasteiger charge is 2.32. The van der Waals surface area contributed by atoms with Crippen molar-refractivity contribution in [1.82, 2.24) is 15.6 Å². The fourth-order valence-electron chi connectivity index (χ4n) is 2.10. The summed E-state index contributed by atoms with van der Waals surface area (Å²) in [5, 5.41) is 8.22. The molecule has 2 rings (SSSR count). The fourth-order valence-corrected chi connectivity index (χ4v) is 2.99. The predicted octanol–water partition coefficient (Wildman–Crippen LogP) is 2.64. The summed E-state index contributed by atoms with van der Waals surface area (Å²) in [5.74, 6) is -1.21. The van der Waals surface area contributed by atoms with Crippen LogP contribution in [0.3, 0.4) is 0 Å². The molecule has 2 amide bonds. The van der Waals surface area contributed by atoms with Gasteiger partial charge >= 0.3 is 6.36 Å². The number of anilines is 1. The minimum absolute atomic E-state index is 0.0797. The number of nitrogens with zero attached hydrogens (tertiary/aromatic N) is 1. The van der Waals surface area contributed by atoms with Gasteiger partial charge in [-0.25, -0.2) is 4.98 Å². The van der Waals surface area contributed by atoms with Gasteiger partial charge in [0.25, 0.3) is 5.91 Å². The monoisotopic (exact) mass is 404 g/mol. The van der Waals surface area contributed by atoms with Crippen LogP contribution in [0.5, 0.6) is 5.75 Å². The zero-order valence-corrected chi connectivity index (χ0v) is 15.7. The van der Waals surface area contributed by atoms with Gasteiger partial charge in [-0.1, -0.05) is 18.3 Å². The van der Waals surface area contributed by atoms with Gasteiger partial charge in [0.05, 0.1) is 16.8 Å². The van der Waals surface area contributed by atoms with Gasteiger partial charge in [-0.15, -0.1) is 13.2 Å². The Morgan fingerprint density at radius 3 is 2.59 bits per heavy atom. The molecule has 0 atom stereocenters. The molecule has 11 heteroatoms. The number of carbonyl (C=O) groups is 2. The second-order valence-electron chi connectivity index (χ2n) is 6.10. The van der Waals surface area contributed by atoms with Crippen molar-refractivity contribution in [3.8, 4) is 5.75 Å². The molecular weight excluding hydrogens is 385 g/mol. The van der Waals surface area contributed by atoms with E-state index in [-0.39, 0.29) is 23.3 Å². The molecule has 0 saturated carbocycles. The smallest absolute Gasteiger partial charge is 0.406 e. The lowest BCUT2D eigenvalue weighted by Crippen LogP contribution is -2.54. The summed E-state index contributed by atoms with van der Waals surface area (Å²) in [6.07, 6.45) is -4.79. The van der Waals surface area contributed by atoms with Crippen molar-refractivity contribution < 1.29 is 27.5 Å². The number of fused-ring (bicyclic) bond motifs is 1. The predicted molar refractivity (Wildman–Crippen MR) is 95.7 cm³/mol. The van der Waals surface area contributed by atoms with Crippen molar-refractivity contribution in [3.05, 3.63) is 18.2 Å². The van der Waals surface area contributed by atoms with E-state index in [1.165, 1.54) is 26.0 Å². The first-order valence-electron chi connectivity index (χ1n) is 7.99. The average molecular weight is 404 g/mol. The Morgan fingerprint density at radius 1 is 1.26 bits per heavy atom. The van der Waals surface area contributed by atoms with Crippen LogP contribution in [0.2, 0.25) is 0 Å². The maximum Gasteiger partial charge on any atom is 0.573 e. The lowest BCUT2D eigenvalue weighted by atomic mass is 10.0. The van der Waals surface area contributed by atoms with Crippen LogP contribution in [0.25, 0.3) is 10.2 Å². The third-order valence-corrected chi connectivity index (χ3v) is 4.30. The number of halogens is 3. The number of hydrogen-bond acceptors (Lipinski definition) is 6. The van der Waals surface area contributed by atoms with Gasteiger partial charge in [-0.3, -0.25) is 14.9 Å². The number of aromatic nitrogens is 1. The fraction of sp³-hybridized carbons (Fsp3) is 0.438. The number of ether oxygens (including phenoxy) is 1. The van der Waals surface area contributed by atoms with Gasteiger partial charge in [0.2, 0.25) is 5.91 Å². The molecule has 0 saturated heterocycles. The maximum absolute atomic E-state index is 12.4. The van der Waals surface area contributed by atoms with E-state index in [1.807, 2.05) is 6.92 Å². The van der Waals surface area contributed by atoms with E-state index in [0.717, 1.165) is 17.4 Å². The number of nitrogens with one attached hydrogen (secondary N) is 3. The standard InChI is InChI=1S/C16H19F3N4O3S/c1-4-20-8-12(24)23-15(2,3)13(25)22-14-21-10-6-5-9(7-11(10)27-14)26-16(17,18)19/h5-7,20H,4,8H2,1-3H3,(H,23,24)(H,21,22,25). The highest BCUT2D eigenvalue weighted by molar-refractivity contribution is 7.22. The summed E-state index contributed by atoms with van der Waals surface area (Å²) in [5.41, 5.74) is -0.784. The summed E-state index contributed by atoms with van der Waals surface area (Å²) in [6, 6.07) is 3.71. The van der Waals surface area contributed by atoms with Crippen LogP contribution in [-0.4, -0.2) is 41.8 Å². The molecular formula is C16H19F3N4O3S. The van der Waals surface area contributed by atoms with Crippen molar-refractivity contribution in [2.75, 3.05) is 18.4 Å². The molecule has 7 nitrogen and oxygen atoms in total. The second-order valence-corrected chi connectivity index (χ2v) is 7.13. The van der Waals surface area contributed by atoms with Gasteiger partial charge < -0.3 is 15.4 Å². The van der Waals surface area contributed by atoms with Crippen molar-refractivity contribution >= 4 is 38.5 Å². The summed E-state index contributed by atoms with van der Waals surface area (Å²) in [7, 11) is 0. The highest BCUT2D eigenvalue weighted by atomic mass is 32.1. The molecule has 1 aromatic carbocycles. The van der Waals surface area contributed by atoms with Crippen LogP contribution < -0.4 is 20.7 Å². The van der Waals surface area contributed by atoms with Crippen LogP contribution in [0.1, 0.15) is 20.8 Å².